The van der Waals surface area contributed by atoms with Crippen molar-refractivity contribution in [2.24, 2.45) is 17.6 Å². The van der Waals surface area contributed by atoms with Crippen molar-refractivity contribution < 1.29 is 34.8 Å². The molecule has 1 fully saturated rings. The number of benzene rings is 2. The van der Waals surface area contributed by atoms with Crippen LogP contribution in [-0.2, 0) is 22.6 Å². The summed E-state index contributed by atoms with van der Waals surface area (Å²) in [5.41, 5.74) is 5.32. The molecule has 12 heteroatoms. The number of aliphatic hydroxyl groups is 3. The Balaban J connectivity index is 1.43. The summed E-state index contributed by atoms with van der Waals surface area (Å²) in [4.78, 5) is 48.4. The maximum absolute atomic E-state index is 14.4. The molecule has 0 radical (unpaired) electrons. The molecular weight excluding hydrogens is 602 g/mol. The number of nitrogens with two attached hydrogens (primary N) is 1. The maximum atomic E-state index is 14.4. The quantitative estimate of drug-likeness (QED) is 0.289. The van der Waals surface area contributed by atoms with Crippen LogP contribution >= 0.6 is 0 Å². The van der Waals surface area contributed by atoms with Crippen LogP contribution in [0.25, 0.3) is 11.1 Å². The second kappa shape index (κ2) is 11.8. The summed E-state index contributed by atoms with van der Waals surface area (Å²) in [6.45, 7) is 4.81. The minimum Gasteiger partial charge on any atom is -0.510 e. The maximum Gasteiger partial charge on any atom is 0.255 e. The topological polar surface area (TPSA) is 171 Å². The van der Waals surface area contributed by atoms with Crippen molar-refractivity contribution in [1.29, 1.82) is 0 Å². The van der Waals surface area contributed by atoms with Gasteiger partial charge in [-0.15, -0.1) is 0 Å². The first-order valence-corrected chi connectivity index (χ1v) is 15.9. The van der Waals surface area contributed by atoms with E-state index in [1.807, 2.05) is 49.3 Å². The lowest BCUT2D eigenvalue weighted by atomic mass is 9.58. The van der Waals surface area contributed by atoms with Crippen molar-refractivity contribution in [2.75, 3.05) is 66.3 Å². The van der Waals surface area contributed by atoms with Crippen LogP contribution in [0.5, 0.6) is 5.75 Å². The molecule has 0 aromatic heterocycles. The number of rotatable bonds is 6. The van der Waals surface area contributed by atoms with E-state index >= 15 is 0 Å². The molecule has 1 aliphatic heterocycles. The first-order chi connectivity index (χ1) is 22.2. The molecule has 1 heterocycles. The molecule has 0 spiro atoms. The third-order valence-corrected chi connectivity index (χ3v) is 10.4. The van der Waals surface area contributed by atoms with Gasteiger partial charge in [-0.25, -0.2) is 0 Å². The fourth-order valence-electron chi connectivity index (χ4n) is 7.97. The van der Waals surface area contributed by atoms with Crippen LogP contribution in [-0.4, -0.2) is 126 Å². The van der Waals surface area contributed by atoms with Gasteiger partial charge in [0.1, 0.15) is 22.8 Å². The fourth-order valence-corrected chi connectivity index (χ4v) is 7.97. The van der Waals surface area contributed by atoms with Crippen LogP contribution in [0.2, 0.25) is 0 Å². The third-order valence-electron chi connectivity index (χ3n) is 10.4. The number of aromatic hydroxyl groups is 1. The highest BCUT2D eigenvalue weighted by molar-refractivity contribution is 6.25. The Kier molecular flexibility index (Phi) is 8.20. The molecule has 47 heavy (non-hydrogen) atoms. The molecule has 1 amide bonds. The van der Waals surface area contributed by atoms with E-state index in [-0.39, 0.29) is 29.7 Å². The zero-order valence-corrected chi connectivity index (χ0v) is 27.4. The number of phenolic OH excluding ortho intramolecular Hbond substituents is 1. The molecule has 0 unspecified atom stereocenters. The lowest BCUT2D eigenvalue weighted by molar-refractivity contribution is -0.148. The second-order valence-corrected chi connectivity index (χ2v) is 13.8. The van der Waals surface area contributed by atoms with Crippen molar-refractivity contribution in [3.05, 3.63) is 69.7 Å². The van der Waals surface area contributed by atoms with Gasteiger partial charge in [-0.05, 0) is 62.7 Å². The highest BCUT2D eigenvalue weighted by Crippen LogP contribution is 2.54. The van der Waals surface area contributed by atoms with Gasteiger partial charge in [0.2, 0.25) is 5.78 Å². The Hall–Kier alpha value is -4.23. The zero-order valence-electron chi connectivity index (χ0n) is 27.4. The van der Waals surface area contributed by atoms with Crippen LogP contribution in [0.3, 0.4) is 0 Å². The number of hydrogen-bond acceptors (Lipinski definition) is 11. The average molecular weight is 646 g/mol. The van der Waals surface area contributed by atoms with Crippen molar-refractivity contribution in [1.82, 2.24) is 14.7 Å². The molecule has 12 nitrogen and oxygen atoms in total. The molecule has 2 aromatic rings. The number of anilines is 1. The van der Waals surface area contributed by atoms with Gasteiger partial charge >= 0.3 is 0 Å². The summed E-state index contributed by atoms with van der Waals surface area (Å²) in [5, 5.41) is 46.3. The number of fused-ring (bicyclic) bond motifs is 3. The number of phenols is 1. The SMILES string of the molecule is CN1CCN(Cc2ccc(-c3cc(N(C)C)c4c(c3O)C(=O)C3=C(O)[C@]5(O)C(=O)C(C(N)=O)=C(O)[C@@H](N(C)C)[C@@H]5C[C@@H]3C4)cc2)CC1. The van der Waals surface area contributed by atoms with Crippen molar-refractivity contribution in [3.8, 4) is 16.9 Å². The van der Waals surface area contributed by atoms with E-state index < -0.39 is 58.0 Å². The summed E-state index contributed by atoms with van der Waals surface area (Å²) < 4.78 is 0. The van der Waals surface area contributed by atoms with Crippen LogP contribution in [0.4, 0.5) is 5.69 Å². The predicted octanol–water partition coefficient (Wildman–Crippen LogP) is 1.60. The molecule has 4 aliphatic rings. The summed E-state index contributed by atoms with van der Waals surface area (Å²) in [6, 6.07) is 8.67. The van der Waals surface area contributed by atoms with Gasteiger partial charge in [0, 0.05) is 69.6 Å². The van der Waals surface area contributed by atoms with Crippen LogP contribution in [0.1, 0.15) is 27.9 Å². The number of aliphatic hydroxyl groups excluding tert-OH is 2. The van der Waals surface area contributed by atoms with Gasteiger partial charge in [0.15, 0.2) is 11.4 Å². The van der Waals surface area contributed by atoms with Gasteiger partial charge in [0.25, 0.3) is 5.91 Å². The predicted molar refractivity (Wildman–Crippen MR) is 176 cm³/mol. The summed E-state index contributed by atoms with van der Waals surface area (Å²) in [5.74, 6) is -6.65. The third kappa shape index (κ3) is 5.10. The number of likely N-dealkylation sites (N-methyl/N-ethyl adjacent to an activating group) is 2. The van der Waals surface area contributed by atoms with E-state index in [4.69, 9.17) is 5.73 Å². The Morgan fingerprint density at radius 1 is 1.02 bits per heavy atom. The van der Waals surface area contributed by atoms with Gasteiger partial charge in [-0.2, -0.15) is 0 Å². The molecule has 0 bridgehead atoms. The molecule has 250 valence electrons. The molecule has 2 aromatic carbocycles. The summed E-state index contributed by atoms with van der Waals surface area (Å²) in [7, 11) is 9.02. The molecule has 4 atom stereocenters. The molecular formula is C35H43N5O7. The molecule has 3 aliphatic carbocycles. The van der Waals surface area contributed by atoms with E-state index in [9.17, 15) is 34.8 Å². The first kappa shape index (κ1) is 32.7. The van der Waals surface area contributed by atoms with Gasteiger partial charge in [0.05, 0.1) is 11.6 Å². The van der Waals surface area contributed by atoms with E-state index in [2.05, 4.69) is 16.8 Å². The monoisotopic (exact) mass is 645 g/mol. The van der Waals surface area contributed by atoms with E-state index in [1.165, 1.54) is 4.90 Å². The standard InChI is InChI=1S/C35H43N5O7/c1-37(2)24-16-21(19-8-6-18(7-9-19)17-40-12-10-39(5)11-13-40)29(41)26-22(24)14-20-15-23-28(38(3)4)31(43)27(34(36)46)33(45)35(23,47)32(44)25(20)30(26)42/h6-9,16,20,23,28,41,43-44,47H,10-15,17H2,1-5H3,(H2,36,46)/t20-,23-,28-,35-/m0/s1. The Morgan fingerprint density at radius 3 is 2.23 bits per heavy atom. The number of piperazine rings is 1. The molecule has 0 saturated carbocycles. The second-order valence-electron chi connectivity index (χ2n) is 13.8. The fraction of sp³-hybridized carbons (Fsp3) is 0.457. The lowest BCUT2D eigenvalue weighted by Gasteiger charge is -2.50. The average Bonchev–Trinajstić information content (AvgIpc) is 3.00. The lowest BCUT2D eigenvalue weighted by Crippen LogP contribution is -2.63. The number of Topliss-reactive ketones (excluding diaryl/α,β-unsaturated/α-hetero) is 2. The van der Waals surface area contributed by atoms with Crippen LogP contribution in [0, 0.1) is 11.8 Å². The van der Waals surface area contributed by atoms with Gasteiger partial charge in [-0.1, -0.05) is 24.3 Å². The van der Waals surface area contributed by atoms with Gasteiger partial charge in [-0.3, -0.25) is 24.2 Å². The van der Waals surface area contributed by atoms with E-state index in [0.29, 0.717) is 22.4 Å². The van der Waals surface area contributed by atoms with E-state index in [0.717, 1.165) is 38.3 Å². The summed E-state index contributed by atoms with van der Waals surface area (Å²) >= 11 is 0. The number of nitrogens with zero attached hydrogens (tertiary/aromatic N) is 4. The first-order valence-electron chi connectivity index (χ1n) is 15.9. The van der Waals surface area contributed by atoms with Gasteiger partial charge < -0.3 is 36.0 Å². The van der Waals surface area contributed by atoms with Crippen molar-refractivity contribution in [3.63, 3.8) is 0 Å². The molecule has 6 N–H and O–H groups in total. The Labute approximate surface area is 274 Å². The number of carbonyl (C=O) groups is 3. The highest BCUT2D eigenvalue weighted by Gasteiger charge is 2.63. The smallest absolute Gasteiger partial charge is 0.255 e. The van der Waals surface area contributed by atoms with E-state index in [1.54, 1.807) is 14.1 Å². The minimum atomic E-state index is -2.68. The van der Waals surface area contributed by atoms with Crippen molar-refractivity contribution >= 4 is 23.2 Å². The minimum absolute atomic E-state index is 0.00602. The zero-order chi connectivity index (χ0) is 34.1. The van der Waals surface area contributed by atoms with Crippen molar-refractivity contribution in [2.45, 2.75) is 31.0 Å². The molecule has 6 rings (SSSR count). The normalized spacial score (nSPS) is 26.7. The highest BCUT2D eigenvalue weighted by atomic mass is 16.3. The Morgan fingerprint density at radius 2 is 1.66 bits per heavy atom. The molecule has 1 saturated heterocycles. The number of primary amides is 1. The number of allylic oxidation sites excluding steroid dienone is 1. The Bertz CT molecular complexity index is 1720. The number of ketones is 2. The number of carbonyl (C=O) groups excluding carboxylic acids is 3. The van der Waals surface area contributed by atoms with Crippen LogP contribution in [0.15, 0.2) is 53.0 Å². The largest absolute Gasteiger partial charge is 0.510 e. The summed E-state index contributed by atoms with van der Waals surface area (Å²) in [6.07, 6.45) is 0.260. The number of amides is 1. The van der Waals surface area contributed by atoms with Crippen LogP contribution < -0.4 is 10.6 Å². The number of hydrogen-bond donors (Lipinski definition) is 5.